The third-order valence-corrected chi connectivity index (χ3v) is 7.82. The highest BCUT2D eigenvalue weighted by Gasteiger charge is 2.23. The smallest absolute Gasteiger partial charge is 0.248 e. The average Bonchev–Trinajstić information content (AvgIpc) is 3.71. The Kier molecular flexibility index (Phi) is 7.97. The molecule has 1 saturated carbocycles. The van der Waals surface area contributed by atoms with E-state index in [0.717, 1.165) is 25.9 Å². The van der Waals surface area contributed by atoms with Crippen molar-refractivity contribution in [3.63, 3.8) is 0 Å². The summed E-state index contributed by atoms with van der Waals surface area (Å²) in [5, 5.41) is 6.73. The molecular weight excluding hydrogens is 517 g/mol. The molecule has 8 nitrogen and oxygen atoms in total. The van der Waals surface area contributed by atoms with Crippen LogP contribution in [0.15, 0.2) is 48.8 Å². The van der Waals surface area contributed by atoms with Crippen LogP contribution in [0.25, 0.3) is 10.9 Å². The summed E-state index contributed by atoms with van der Waals surface area (Å²) in [7, 11) is -0.732. The summed E-state index contributed by atoms with van der Waals surface area (Å²) >= 11 is 5.93. The molecule has 0 bridgehead atoms. The van der Waals surface area contributed by atoms with E-state index in [0.29, 0.717) is 64.4 Å². The molecule has 37 heavy (non-hydrogen) atoms. The summed E-state index contributed by atoms with van der Waals surface area (Å²) in [6.07, 6.45) is 7.01. The van der Waals surface area contributed by atoms with Crippen LogP contribution in [0.5, 0.6) is 5.75 Å². The third kappa shape index (κ3) is 6.82. The van der Waals surface area contributed by atoms with Gasteiger partial charge in [0.15, 0.2) is 0 Å². The van der Waals surface area contributed by atoms with Gasteiger partial charge >= 0.3 is 0 Å². The molecule has 1 saturated heterocycles. The first-order valence-corrected chi connectivity index (χ1v) is 14.0. The number of benzene rings is 2. The minimum atomic E-state index is -0.732. The predicted molar refractivity (Wildman–Crippen MR) is 145 cm³/mol. The number of anilines is 3. The van der Waals surface area contributed by atoms with Crippen LogP contribution in [0.2, 0.25) is 5.02 Å². The second-order valence-electron chi connectivity index (χ2n) is 9.14. The van der Waals surface area contributed by atoms with Gasteiger partial charge in [0.1, 0.15) is 23.7 Å². The molecule has 2 aliphatic rings. The fraction of sp³-hybridized carbons (Fsp3) is 0.346. The maximum absolute atomic E-state index is 13.6. The predicted octanol–water partition coefficient (Wildman–Crippen LogP) is 4.51. The Morgan fingerprint density at radius 1 is 1.22 bits per heavy atom. The number of nitrogens with zero attached hydrogens (tertiary/aromatic N) is 3. The van der Waals surface area contributed by atoms with E-state index in [1.807, 2.05) is 6.08 Å². The lowest BCUT2D eigenvalue weighted by atomic mass is 10.1. The van der Waals surface area contributed by atoms with Gasteiger partial charge in [0, 0.05) is 65.2 Å². The minimum Gasteiger partial charge on any atom is -0.491 e. The summed E-state index contributed by atoms with van der Waals surface area (Å²) in [4.78, 5) is 23.7. The van der Waals surface area contributed by atoms with Gasteiger partial charge in [-0.3, -0.25) is 13.9 Å². The minimum absolute atomic E-state index is 0.00308. The van der Waals surface area contributed by atoms with Crippen LogP contribution in [0.4, 0.5) is 21.6 Å². The van der Waals surface area contributed by atoms with Crippen LogP contribution in [-0.4, -0.2) is 62.7 Å². The maximum atomic E-state index is 13.6. The van der Waals surface area contributed by atoms with E-state index in [-0.39, 0.29) is 10.9 Å². The topological polar surface area (TPSA) is 96.5 Å². The number of hydrogen-bond donors (Lipinski definition) is 2. The SMILES string of the molecule is O=C(C=CCN1CCS(=O)CC1)Nc1cc2c(Nc3ccc(F)c(Cl)c3)ncnc2cc1OCC1CC1. The monoisotopic (exact) mass is 543 g/mol. The van der Waals surface area contributed by atoms with Crippen molar-refractivity contribution < 1.29 is 18.1 Å². The number of rotatable bonds is 9. The molecule has 0 spiro atoms. The normalized spacial score (nSPS) is 16.8. The second-order valence-corrected chi connectivity index (χ2v) is 11.2. The van der Waals surface area contributed by atoms with Crippen LogP contribution < -0.4 is 15.4 Å². The quantitative estimate of drug-likeness (QED) is 0.383. The van der Waals surface area contributed by atoms with Gasteiger partial charge in [-0.05, 0) is 43.0 Å². The lowest BCUT2D eigenvalue weighted by molar-refractivity contribution is -0.111. The number of hydrogen-bond acceptors (Lipinski definition) is 7. The van der Waals surface area contributed by atoms with Crippen LogP contribution in [0.1, 0.15) is 12.8 Å². The molecule has 2 heterocycles. The molecule has 1 amide bonds. The van der Waals surface area contributed by atoms with Crippen molar-refractivity contribution in [2.45, 2.75) is 12.8 Å². The molecule has 0 unspecified atom stereocenters. The zero-order valence-corrected chi connectivity index (χ0v) is 21.7. The highest BCUT2D eigenvalue weighted by Crippen LogP contribution is 2.36. The Balaban J connectivity index is 1.36. The van der Waals surface area contributed by atoms with Crippen LogP contribution in [0.3, 0.4) is 0 Å². The van der Waals surface area contributed by atoms with Crippen molar-refractivity contribution >= 4 is 56.4 Å². The summed E-state index contributed by atoms with van der Waals surface area (Å²) < 4.78 is 31.2. The zero-order valence-electron chi connectivity index (χ0n) is 20.1. The molecule has 1 aliphatic heterocycles. The largest absolute Gasteiger partial charge is 0.491 e. The van der Waals surface area contributed by atoms with Crippen molar-refractivity contribution in [2.75, 3.05) is 48.4 Å². The first-order valence-electron chi connectivity index (χ1n) is 12.1. The Labute approximate surface area is 221 Å². The Morgan fingerprint density at radius 2 is 2.03 bits per heavy atom. The van der Waals surface area contributed by atoms with Gasteiger partial charge in [0.25, 0.3) is 0 Å². The number of carbonyl (C=O) groups is 1. The van der Waals surface area contributed by atoms with Crippen LogP contribution in [-0.2, 0) is 15.6 Å². The zero-order chi connectivity index (χ0) is 25.8. The van der Waals surface area contributed by atoms with Gasteiger partial charge < -0.3 is 15.4 Å². The number of ether oxygens (including phenoxy) is 1. The number of fused-ring (bicyclic) bond motifs is 1. The van der Waals surface area contributed by atoms with E-state index in [2.05, 4.69) is 25.5 Å². The fourth-order valence-electron chi connectivity index (χ4n) is 3.94. The third-order valence-electron chi connectivity index (χ3n) is 6.25. The number of nitrogens with one attached hydrogen (secondary N) is 2. The van der Waals surface area contributed by atoms with Gasteiger partial charge in [0.2, 0.25) is 5.91 Å². The summed E-state index contributed by atoms with van der Waals surface area (Å²) in [5.74, 6) is 2.09. The number of aromatic nitrogens is 2. The molecule has 0 atom stereocenters. The van der Waals surface area contributed by atoms with Gasteiger partial charge in [0.05, 0.1) is 22.8 Å². The van der Waals surface area contributed by atoms with Crippen molar-refractivity contribution in [1.82, 2.24) is 14.9 Å². The standard InChI is InChI=1S/C26H27ClFN5O3S/c27-20-12-18(5-6-21(20)28)31-26-19-13-23(24(36-15-17-3-4-17)14-22(19)29-16-30-26)32-25(34)2-1-7-33-8-10-37(35)11-9-33/h1-2,5-6,12-14,16-17H,3-4,7-11,15H2,(H,32,34)(H,29,30,31). The molecule has 3 aromatic rings. The fourth-order valence-corrected chi connectivity index (χ4v) is 5.25. The van der Waals surface area contributed by atoms with E-state index in [1.54, 1.807) is 18.2 Å². The molecule has 2 N–H and O–H groups in total. The molecule has 2 fully saturated rings. The van der Waals surface area contributed by atoms with E-state index < -0.39 is 16.6 Å². The van der Waals surface area contributed by atoms with Crippen molar-refractivity contribution in [2.24, 2.45) is 5.92 Å². The van der Waals surface area contributed by atoms with E-state index in [9.17, 15) is 13.4 Å². The molecule has 1 aliphatic carbocycles. The Morgan fingerprint density at radius 3 is 2.78 bits per heavy atom. The Bertz CT molecular complexity index is 1360. The summed E-state index contributed by atoms with van der Waals surface area (Å²) in [6.45, 7) is 2.72. The molecule has 1 aromatic heterocycles. The highest BCUT2D eigenvalue weighted by molar-refractivity contribution is 7.85. The van der Waals surface area contributed by atoms with Crippen molar-refractivity contribution in [1.29, 1.82) is 0 Å². The van der Waals surface area contributed by atoms with E-state index >= 15 is 0 Å². The maximum Gasteiger partial charge on any atom is 0.248 e. The second kappa shape index (κ2) is 11.5. The van der Waals surface area contributed by atoms with Crippen molar-refractivity contribution in [3.8, 4) is 5.75 Å². The first kappa shape index (κ1) is 25.6. The number of carbonyl (C=O) groups excluding carboxylic acids is 1. The van der Waals surface area contributed by atoms with Crippen molar-refractivity contribution in [3.05, 3.63) is 59.7 Å². The number of amides is 1. The van der Waals surface area contributed by atoms with E-state index in [4.69, 9.17) is 16.3 Å². The van der Waals surface area contributed by atoms with Gasteiger partial charge in [-0.25, -0.2) is 14.4 Å². The van der Waals surface area contributed by atoms with Crippen LogP contribution in [0, 0.1) is 11.7 Å². The molecule has 2 aromatic carbocycles. The van der Waals surface area contributed by atoms with Gasteiger partial charge in [-0.2, -0.15) is 0 Å². The average molecular weight is 544 g/mol. The molecule has 11 heteroatoms. The lowest BCUT2D eigenvalue weighted by Crippen LogP contribution is -2.37. The molecular formula is C26H27ClFN5O3S. The molecule has 5 rings (SSSR count). The van der Waals surface area contributed by atoms with Crippen LogP contribution >= 0.6 is 11.6 Å². The van der Waals surface area contributed by atoms with Gasteiger partial charge in [-0.15, -0.1) is 0 Å². The summed E-state index contributed by atoms with van der Waals surface area (Å²) in [6, 6.07) is 7.88. The Hall–Kier alpha value is -3.08. The molecule has 0 radical (unpaired) electrons. The first-order chi connectivity index (χ1) is 17.9. The number of halogens is 2. The lowest BCUT2D eigenvalue weighted by Gasteiger charge is -2.24. The van der Waals surface area contributed by atoms with E-state index in [1.165, 1.54) is 24.5 Å². The highest BCUT2D eigenvalue weighted by atomic mass is 35.5. The summed E-state index contributed by atoms with van der Waals surface area (Å²) in [5.41, 5.74) is 1.70. The van der Waals surface area contributed by atoms with Gasteiger partial charge in [-0.1, -0.05) is 17.7 Å². The molecule has 194 valence electrons.